The molecule has 0 spiro atoms. The SMILES string of the molecule is C#CCOC(=O)c1cc(Cl)c(OCC(N)=O)c(OC)c1. The molecule has 0 aromatic heterocycles. The molecule has 7 heteroatoms. The van der Waals surface area contributed by atoms with Crippen molar-refractivity contribution in [3.63, 3.8) is 0 Å². The van der Waals surface area contributed by atoms with Gasteiger partial charge in [-0.15, -0.1) is 6.42 Å². The number of methoxy groups -OCH3 is 1. The lowest BCUT2D eigenvalue weighted by atomic mass is 10.2. The number of rotatable bonds is 6. The molecule has 0 aliphatic heterocycles. The van der Waals surface area contributed by atoms with Gasteiger partial charge in [0.1, 0.15) is 0 Å². The second kappa shape index (κ2) is 7.26. The molecule has 20 heavy (non-hydrogen) atoms. The molecule has 0 bridgehead atoms. The van der Waals surface area contributed by atoms with Crippen molar-refractivity contribution in [1.29, 1.82) is 0 Å². The third-order valence-corrected chi connectivity index (χ3v) is 2.39. The van der Waals surface area contributed by atoms with E-state index in [1.807, 2.05) is 0 Å². The molecule has 0 radical (unpaired) electrons. The van der Waals surface area contributed by atoms with Gasteiger partial charge >= 0.3 is 5.97 Å². The Balaban J connectivity index is 3.03. The Morgan fingerprint density at radius 1 is 1.45 bits per heavy atom. The van der Waals surface area contributed by atoms with Crippen molar-refractivity contribution in [1.82, 2.24) is 0 Å². The van der Waals surface area contributed by atoms with E-state index in [2.05, 4.69) is 5.92 Å². The fourth-order valence-corrected chi connectivity index (χ4v) is 1.58. The number of amides is 1. The number of esters is 1. The maximum absolute atomic E-state index is 11.7. The summed E-state index contributed by atoms with van der Waals surface area (Å²) in [5.41, 5.74) is 5.12. The summed E-state index contributed by atoms with van der Waals surface area (Å²) in [4.78, 5) is 22.4. The molecular formula is C13H12ClNO5. The van der Waals surface area contributed by atoms with Crippen molar-refractivity contribution in [3.8, 4) is 23.8 Å². The Hall–Kier alpha value is -2.39. The molecule has 1 aromatic carbocycles. The number of halogens is 1. The highest BCUT2D eigenvalue weighted by molar-refractivity contribution is 6.32. The lowest BCUT2D eigenvalue weighted by Crippen LogP contribution is -2.20. The van der Waals surface area contributed by atoms with E-state index >= 15 is 0 Å². The Morgan fingerprint density at radius 3 is 2.70 bits per heavy atom. The van der Waals surface area contributed by atoms with Gasteiger partial charge in [-0.25, -0.2) is 4.79 Å². The van der Waals surface area contributed by atoms with Gasteiger partial charge in [0.2, 0.25) is 0 Å². The number of benzene rings is 1. The highest BCUT2D eigenvalue weighted by Gasteiger charge is 2.17. The Kier molecular flexibility index (Phi) is 5.69. The van der Waals surface area contributed by atoms with E-state index in [1.54, 1.807) is 0 Å². The number of hydrogen-bond acceptors (Lipinski definition) is 5. The van der Waals surface area contributed by atoms with Crippen LogP contribution in [0.5, 0.6) is 11.5 Å². The summed E-state index contributed by atoms with van der Waals surface area (Å²) < 4.78 is 14.9. The minimum absolute atomic E-state index is 0.0817. The average molecular weight is 298 g/mol. The molecule has 0 heterocycles. The van der Waals surface area contributed by atoms with E-state index in [-0.39, 0.29) is 35.3 Å². The third kappa shape index (κ3) is 4.07. The monoisotopic (exact) mass is 297 g/mol. The molecule has 2 N–H and O–H groups in total. The highest BCUT2D eigenvalue weighted by Crippen LogP contribution is 2.36. The third-order valence-electron chi connectivity index (χ3n) is 2.11. The van der Waals surface area contributed by atoms with E-state index in [1.165, 1.54) is 19.2 Å². The maximum atomic E-state index is 11.7. The quantitative estimate of drug-likeness (QED) is 0.625. The second-order valence-corrected chi connectivity index (χ2v) is 3.93. The topological polar surface area (TPSA) is 87.9 Å². The van der Waals surface area contributed by atoms with Gasteiger partial charge in [-0.2, -0.15) is 0 Å². The smallest absolute Gasteiger partial charge is 0.339 e. The molecule has 0 aliphatic rings. The predicted molar refractivity (Wildman–Crippen MR) is 71.8 cm³/mol. The minimum atomic E-state index is -0.666. The molecule has 0 unspecified atom stereocenters. The van der Waals surface area contributed by atoms with Crippen LogP contribution in [0.1, 0.15) is 10.4 Å². The van der Waals surface area contributed by atoms with E-state index in [4.69, 9.17) is 38.0 Å². The summed E-state index contributed by atoms with van der Waals surface area (Å²) in [5, 5.41) is 0.0817. The number of carbonyl (C=O) groups is 2. The number of hydrogen-bond donors (Lipinski definition) is 1. The Bertz CT molecular complexity index is 565. The van der Waals surface area contributed by atoms with Crippen LogP contribution in [0.3, 0.4) is 0 Å². The van der Waals surface area contributed by atoms with Crippen LogP contribution in [-0.4, -0.2) is 32.2 Å². The summed E-state index contributed by atoms with van der Waals surface area (Å²) >= 11 is 5.97. The molecular weight excluding hydrogens is 286 g/mol. The molecule has 1 amide bonds. The number of carbonyl (C=O) groups excluding carboxylic acids is 2. The standard InChI is InChI=1S/C13H12ClNO5/c1-3-4-19-13(17)8-5-9(14)12(10(6-8)18-2)20-7-11(15)16/h1,5-6H,4,7H2,2H3,(H2,15,16). The molecule has 0 aliphatic carbocycles. The van der Waals surface area contributed by atoms with Crippen LogP contribution in [0.25, 0.3) is 0 Å². The Morgan fingerprint density at radius 2 is 2.15 bits per heavy atom. The zero-order valence-electron chi connectivity index (χ0n) is 10.6. The first kappa shape index (κ1) is 15.7. The second-order valence-electron chi connectivity index (χ2n) is 3.52. The van der Waals surface area contributed by atoms with Crippen LogP contribution in [0, 0.1) is 12.3 Å². The van der Waals surface area contributed by atoms with Gasteiger partial charge in [0.05, 0.1) is 17.7 Å². The number of nitrogens with two attached hydrogens (primary N) is 1. The van der Waals surface area contributed by atoms with Crippen LogP contribution in [0.2, 0.25) is 5.02 Å². The van der Waals surface area contributed by atoms with Gasteiger partial charge in [0.15, 0.2) is 24.7 Å². The number of primary amides is 1. The van der Waals surface area contributed by atoms with Crippen molar-refractivity contribution in [2.45, 2.75) is 0 Å². The minimum Gasteiger partial charge on any atom is -0.493 e. The fraction of sp³-hybridized carbons (Fsp3) is 0.231. The first-order valence-electron chi connectivity index (χ1n) is 5.38. The summed E-state index contributed by atoms with van der Waals surface area (Å²) in [6.07, 6.45) is 4.99. The van der Waals surface area contributed by atoms with E-state index in [9.17, 15) is 9.59 Å². The van der Waals surface area contributed by atoms with E-state index < -0.39 is 11.9 Å². The normalized spacial score (nSPS) is 9.45. The van der Waals surface area contributed by atoms with Crippen molar-refractivity contribution < 1.29 is 23.8 Å². The van der Waals surface area contributed by atoms with Crippen molar-refractivity contribution in [2.75, 3.05) is 20.3 Å². The van der Waals surface area contributed by atoms with Gasteiger partial charge in [-0.1, -0.05) is 17.5 Å². The summed E-state index contributed by atoms with van der Waals surface area (Å²) in [6.45, 7) is -0.518. The molecule has 106 valence electrons. The molecule has 1 aromatic rings. The van der Waals surface area contributed by atoms with Crippen LogP contribution in [0.4, 0.5) is 0 Å². The van der Waals surface area contributed by atoms with Gasteiger partial charge in [0.25, 0.3) is 5.91 Å². The molecule has 1 rings (SSSR count). The first-order valence-corrected chi connectivity index (χ1v) is 5.76. The first-order chi connectivity index (χ1) is 9.49. The number of terminal acetylenes is 1. The predicted octanol–water partition coefficient (Wildman–Crippen LogP) is 1.00. The Labute approximate surface area is 120 Å². The summed E-state index contributed by atoms with van der Waals surface area (Å²) in [5.74, 6) is 1.14. The zero-order valence-corrected chi connectivity index (χ0v) is 11.4. The lowest BCUT2D eigenvalue weighted by molar-refractivity contribution is -0.119. The van der Waals surface area contributed by atoms with Gasteiger partial charge in [-0.3, -0.25) is 4.79 Å². The maximum Gasteiger partial charge on any atom is 0.339 e. The van der Waals surface area contributed by atoms with E-state index in [0.717, 1.165) is 0 Å². The van der Waals surface area contributed by atoms with Crippen molar-refractivity contribution in [3.05, 3.63) is 22.7 Å². The number of ether oxygens (including phenoxy) is 3. The van der Waals surface area contributed by atoms with E-state index in [0.29, 0.717) is 0 Å². The molecule has 6 nitrogen and oxygen atoms in total. The fourth-order valence-electron chi connectivity index (χ4n) is 1.31. The summed E-state index contributed by atoms with van der Waals surface area (Å²) in [7, 11) is 1.36. The molecule has 0 saturated heterocycles. The van der Waals surface area contributed by atoms with Crippen molar-refractivity contribution in [2.24, 2.45) is 5.73 Å². The average Bonchev–Trinajstić information content (AvgIpc) is 2.42. The highest BCUT2D eigenvalue weighted by atomic mass is 35.5. The molecule has 0 saturated carbocycles. The van der Waals surface area contributed by atoms with Crippen LogP contribution >= 0.6 is 11.6 Å². The van der Waals surface area contributed by atoms with Crippen LogP contribution in [0.15, 0.2) is 12.1 Å². The lowest BCUT2D eigenvalue weighted by Gasteiger charge is -2.12. The zero-order chi connectivity index (χ0) is 15.1. The van der Waals surface area contributed by atoms with Crippen LogP contribution < -0.4 is 15.2 Å². The van der Waals surface area contributed by atoms with Crippen molar-refractivity contribution >= 4 is 23.5 Å². The molecule has 0 fully saturated rings. The molecule has 0 atom stereocenters. The van der Waals surface area contributed by atoms with Crippen LogP contribution in [-0.2, 0) is 9.53 Å². The van der Waals surface area contributed by atoms with Gasteiger partial charge in [-0.05, 0) is 12.1 Å². The van der Waals surface area contributed by atoms with Gasteiger partial charge < -0.3 is 19.9 Å². The van der Waals surface area contributed by atoms with Gasteiger partial charge in [0, 0.05) is 0 Å². The largest absolute Gasteiger partial charge is 0.493 e. The summed E-state index contributed by atoms with van der Waals surface area (Å²) in [6, 6.07) is 2.68.